The van der Waals surface area contributed by atoms with E-state index in [1.807, 2.05) is 60.8 Å². The number of furan rings is 1. The molecule has 0 spiro atoms. The van der Waals surface area contributed by atoms with Crippen molar-refractivity contribution in [1.29, 1.82) is 0 Å². The molecule has 0 fully saturated rings. The number of methoxy groups -OCH3 is 1. The Balaban J connectivity index is 1.37. The van der Waals surface area contributed by atoms with Crippen LogP contribution in [0, 0.1) is 6.92 Å². The minimum atomic E-state index is -0.323. The van der Waals surface area contributed by atoms with Crippen LogP contribution in [0.2, 0.25) is 0 Å². The van der Waals surface area contributed by atoms with Crippen molar-refractivity contribution in [3.63, 3.8) is 0 Å². The number of anilines is 1. The number of hydrogen-bond acceptors (Lipinski definition) is 6. The first-order valence-corrected chi connectivity index (χ1v) is 10.2. The molecule has 0 aliphatic heterocycles. The molecule has 6 nitrogen and oxygen atoms in total. The minimum absolute atomic E-state index is 0.190. The molecule has 0 atom stereocenters. The average molecular weight is 420 g/mol. The fourth-order valence-corrected chi connectivity index (χ4v) is 3.50. The first-order chi connectivity index (χ1) is 14.6. The van der Waals surface area contributed by atoms with Gasteiger partial charge >= 0.3 is 0 Å². The molecule has 1 N–H and O–H groups in total. The molecule has 0 unspecified atom stereocenters. The van der Waals surface area contributed by atoms with Crippen molar-refractivity contribution in [2.45, 2.75) is 13.5 Å². The lowest BCUT2D eigenvalue weighted by Crippen LogP contribution is -2.10. The molecule has 0 radical (unpaired) electrons. The number of para-hydroxylation sites is 2. The van der Waals surface area contributed by atoms with Crippen molar-refractivity contribution in [3.05, 3.63) is 82.6 Å². The van der Waals surface area contributed by atoms with Crippen molar-refractivity contribution in [3.8, 4) is 22.8 Å². The summed E-state index contributed by atoms with van der Waals surface area (Å²) in [5.41, 5.74) is 2.62. The zero-order valence-corrected chi connectivity index (χ0v) is 17.4. The van der Waals surface area contributed by atoms with Gasteiger partial charge in [-0.05, 0) is 43.3 Å². The lowest BCUT2D eigenvalue weighted by molar-refractivity contribution is 0.0992. The van der Waals surface area contributed by atoms with Crippen molar-refractivity contribution in [1.82, 2.24) is 4.98 Å². The van der Waals surface area contributed by atoms with Crippen molar-refractivity contribution in [2.24, 2.45) is 0 Å². The van der Waals surface area contributed by atoms with Gasteiger partial charge < -0.3 is 19.2 Å². The number of aryl methyl sites for hydroxylation is 1. The van der Waals surface area contributed by atoms with Gasteiger partial charge in [0.15, 0.2) is 17.3 Å². The second kappa shape index (κ2) is 8.84. The highest BCUT2D eigenvalue weighted by Gasteiger charge is 2.13. The van der Waals surface area contributed by atoms with Crippen LogP contribution in [0.3, 0.4) is 0 Å². The fourth-order valence-electron chi connectivity index (χ4n) is 2.88. The fraction of sp³-hybridized carbons (Fsp3) is 0.130. The molecule has 7 heteroatoms. The number of thiazole rings is 1. The molecule has 152 valence electrons. The number of amides is 1. The van der Waals surface area contributed by atoms with Crippen LogP contribution in [0.4, 0.5) is 5.69 Å². The molecule has 0 saturated heterocycles. The van der Waals surface area contributed by atoms with Gasteiger partial charge in [-0.3, -0.25) is 4.79 Å². The average Bonchev–Trinajstić information content (AvgIpc) is 3.42. The molecular weight excluding hydrogens is 400 g/mol. The summed E-state index contributed by atoms with van der Waals surface area (Å²) in [5.74, 6) is 1.68. The Kier molecular flexibility index (Phi) is 5.81. The summed E-state index contributed by atoms with van der Waals surface area (Å²) in [4.78, 5) is 17.0. The number of nitrogens with zero attached hydrogens (tertiary/aromatic N) is 1. The normalized spacial score (nSPS) is 10.6. The number of rotatable bonds is 7. The summed E-state index contributed by atoms with van der Waals surface area (Å²) in [7, 11) is 1.59. The zero-order valence-electron chi connectivity index (χ0n) is 16.5. The molecule has 2 aromatic heterocycles. The van der Waals surface area contributed by atoms with E-state index in [4.69, 9.17) is 13.9 Å². The maximum Gasteiger partial charge on any atom is 0.291 e. The summed E-state index contributed by atoms with van der Waals surface area (Å²) >= 11 is 1.61. The Labute approximate surface area is 178 Å². The van der Waals surface area contributed by atoms with E-state index in [0.717, 1.165) is 16.3 Å². The van der Waals surface area contributed by atoms with Crippen molar-refractivity contribution < 1.29 is 18.7 Å². The van der Waals surface area contributed by atoms with Crippen LogP contribution in [-0.4, -0.2) is 18.0 Å². The first-order valence-electron chi connectivity index (χ1n) is 9.31. The van der Waals surface area contributed by atoms with Gasteiger partial charge in [-0.25, -0.2) is 4.98 Å². The van der Waals surface area contributed by atoms with Gasteiger partial charge in [-0.1, -0.05) is 24.3 Å². The van der Waals surface area contributed by atoms with Crippen LogP contribution in [0.5, 0.6) is 11.5 Å². The van der Waals surface area contributed by atoms with E-state index in [1.165, 1.54) is 0 Å². The number of nitrogens with one attached hydrogen (secondary N) is 1. The molecule has 4 rings (SSSR count). The maximum absolute atomic E-state index is 12.5. The Hall–Kier alpha value is -3.58. The van der Waals surface area contributed by atoms with E-state index in [-0.39, 0.29) is 18.3 Å². The molecular formula is C23H20N2O4S. The molecule has 0 bridgehead atoms. The van der Waals surface area contributed by atoms with Crippen molar-refractivity contribution in [2.75, 3.05) is 12.4 Å². The molecule has 0 saturated carbocycles. The van der Waals surface area contributed by atoms with Crippen molar-refractivity contribution >= 4 is 22.9 Å². The Morgan fingerprint density at radius 2 is 1.83 bits per heavy atom. The molecule has 4 aromatic rings. The molecule has 2 aromatic carbocycles. The van der Waals surface area contributed by atoms with E-state index >= 15 is 0 Å². The Bertz CT molecular complexity index is 1150. The summed E-state index contributed by atoms with van der Waals surface area (Å²) in [6.07, 6.45) is 0. The van der Waals surface area contributed by atoms with Gasteiger partial charge in [0.2, 0.25) is 0 Å². The number of ether oxygens (including phenoxy) is 2. The SMILES string of the molecule is COc1ccccc1OCc1ccc(C(=O)Nc2ccc(-c3csc(C)n3)cc2)o1. The third kappa shape index (κ3) is 4.52. The molecule has 1 amide bonds. The zero-order chi connectivity index (χ0) is 20.9. The standard InChI is InChI=1S/C23H20N2O4S/c1-15-24-19(14-30-15)16-7-9-17(10-8-16)25-23(26)22-12-11-18(29-22)13-28-21-6-4-3-5-20(21)27-2/h3-12,14H,13H2,1-2H3,(H,25,26). The smallest absolute Gasteiger partial charge is 0.291 e. The van der Waals surface area contributed by atoms with Gasteiger partial charge in [0.05, 0.1) is 17.8 Å². The van der Waals surface area contributed by atoms with E-state index in [1.54, 1.807) is 30.6 Å². The van der Waals surface area contributed by atoms with E-state index in [2.05, 4.69) is 10.3 Å². The van der Waals surface area contributed by atoms with Crippen LogP contribution in [0.15, 0.2) is 70.5 Å². The minimum Gasteiger partial charge on any atom is -0.493 e. The monoisotopic (exact) mass is 420 g/mol. The first kappa shape index (κ1) is 19.7. The second-order valence-corrected chi connectivity index (χ2v) is 7.55. The van der Waals surface area contributed by atoms with Gasteiger partial charge in [-0.15, -0.1) is 11.3 Å². The van der Waals surface area contributed by atoms with Gasteiger partial charge in [-0.2, -0.15) is 0 Å². The summed E-state index contributed by atoms with van der Waals surface area (Å²) < 4.78 is 16.6. The summed E-state index contributed by atoms with van der Waals surface area (Å²) in [6, 6.07) is 18.2. The molecule has 2 heterocycles. The van der Waals surface area contributed by atoms with Crippen LogP contribution >= 0.6 is 11.3 Å². The topological polar surface area (TPSA) is 73.6 Å². The second-order valence-electron chi connectivity index (χ2n) is 6.49. The number of hydrogen-bond donors (Lipinski definition) is 1. The molecule has 0 aliphatic rings. The highest BCUT2D eigenvalue weighted by atomic mass is 32.1. The Morgan fingerprint density at radius 1 is 1.07 bits per heavy atom. The number of carbonyl (C=O) groups is 1. The van der Waals surface area contributed by atoms with Gasteiger partial charge in [0.25, 0.3) is 5.91 Å². The highest BCUT2D eigenvalue weighted by Crippen LogP contribution is 2.27. The van der Waals surface area contributed by atoms with Crippen LogP contribution in [0.25, 0.3) is 11.3 Å². The van der Waals surface area contributed by atoms with E-state index in [0.29, 0.717) is 22.9 Å². The number of benzene rings is 2. The summed E-state index contributed by atoms with van der Waals surface area (Å²) in [5, 5.41) is 5.87. The predicted molar refractivity (Wildman–Crippen MR) is 116 cm³/mol. The third-order valence-electron chi connectivity index (χ3n) is 4.38. The van der Waals surface area contributed by atoms with E-state index in [9.17, 15) is 4.79 Å². The lowest BCUT2D eigenvalue weighted by Gasteiger charge is -2.08. The number of aromatic nitrogens is 1. The van der Waals surface area contributed by atoms with Crippen LogP contribution < -0.4 is 14.8 Å². The van der Waals surface area contributed by atoms with Crippen LogP contribution in [0.1, 0.15) is 21.3 Å². The molecule has 30 heavy (non-hydrogen) atoms. The summed E-state index contributed by atoms with van der Waals surface area (Å²) in [6.45, 7) is 2.16. The predicted octanol–water partition coefficient (Wildman–Crippen LogP) is 5.55. The maximum atomic E-state index is 12.5. The van der Waals surface area contributed by atoms with Gasteiger partial charge in [0, 0.05) is 16.6 Å². The highest BCUT2D eigenvalue weighted by molar-refractivity contribution is 7.09. The third-order valence-corrected chi connectivity index (χ3v) is 5.16. The Morgan fingerprint density at radius 3 is 2.53 bits per heavy atom. The van der Waals surface area contributed by atoms with Gasteiger partial charge in [0.1, 0.15) is 12.4 Å². The molecule has 0 aliphatic carbocycles. The quantitative estimate of drug-likeness (QED) is 0.424. The van der Waals surface area contributed by atoms with Crippen LogP contribution in [-0.2, 0) is 6.61 Å². The number of carbonyl (C=O) groups excluding carboxylic acids is 1. The lowest BCUT2D eigenvalue weighted by atomic mass is 10.1. The van der Waals surface area contributed by atoms with E-state index < -0.39 is 0 Å². The largest absolute Gasteiger partial charge is 0.493 e.